The maximum Gasteiger partial charge on any atom is 0.116 e. The molecule has 0 spiro atoms. The van der Waals surface area contributed by atoms with E-state index < -0.39 is 0 Å². The molecule has 29 heavy (non-hydrogen) atoms. The molecular weight excluding hydrogens is 362 g/mol. The van der Waals surface area contributed by atoms with Crippen LogP contribution in [0.4, 0.5) is 5.69 Å². The van der Waals surface area contributed by atoms with Gasteiger partial charge >= 0.3 is 0 Å². The number of anilines is 1. The van der Waals surface area contributed by atoms with E-state index in [0.717, 1.165) is 46.4 Å². The summed E-state index contributed by atoms with van der Waals surface area (Å²) in [5.41, 5.74) is 10.8. The number of hydrogen-bond acceptors (Lipinski definition) is 6. The minimum absolute atomic E-state index is 0.228. The van der Waals surface area contributed by atoms with Crippen LogP contribution in [0.15, 0.2) is 36.8 Å². The number of fused-ring (bicyclic) bond motifs is 1. The zero-order chi connectivity index (χ0) is 21.0. The quantitative estimate of drug-likeness (QED) is 0.496. The van der Waals surface area contributed by atoms with E-state index in [9.17, 15) is 0 Å². The first-order chi connectivity index (χ1) is 13.9. The van der Waals surface area contributed by atoms with Crippen LogP contribution in [-0.4, -0.2) is 32.2 Å². The number of aryl methyl sites for hydroxylation is 1. The Labute approximate surface area is 171 Å². The van der Waals surface area contributed by atoms with E-state index in [1.807, 2.05) is 35.3 Å². The average molecular weight is 392 g/mol. The van der Waals surface area contributed by atoms with Gasteiger partial charge in [0.1, 0.15) is 5.69 Å². The first-order valence-corrected chi connectivity index (χ1v) is 9.95. The van der Waals surface area contributed by atoms with E-state index in [1.54, 1.807) is 0 Å². The van der Waals surface area contributed by atoms with Crippen molar-refractivity contribution in [2.75, 3.05) is 5.32 Å². The SMILES string of the molecule is CC(C)CCn1cc(-c2cnc3ccc(/C(C=N)=C/N)cc3c2NC(C)C)nn1. The Bertz CT molecular complexity index is 1030. The Hall–Kier alpha value is -3.22. The monoisotopic (exact) mass is 391 g/mol. The van der Waals surface area contributed by atoms with Gasteiger partial charge in [-0.2, -0.15) is 0 Å². The summed E-state index contributed by atoms with van der Waals surface area (Å²) in [6.07, 6.45) is 7.58. The molecule has 1 aromatic carbocycles. The van der Waals surface area contributed by atoms with Crippen LogP contribution < -0.4 is 11.1 Å². The second-order valence-electron chi connectivity index (χ2n) is 7.89. The molecule has 3 aromatic rings. The fraction of sp³-hybridized carbons (Fsp3) is 0.364. The Balaban J connectivity index is 2.12. The summed E-state index contributed by atoms with van der Waals surface area (Å²) in [5.74, 6) is 0.611. The number of nitrogens with zero attached hydrogens (tertiary/aromatic N) is 4. The van der Waals surface area contributed by atoms with Crippen molar-refractivity contribution in [2.45, 2.75) is 46.7 Å². The normalized spacial score (nSPS) is 12.1. The fourth-order valence-corrected chi connectivity index (χ4v) is 3.16. The Morgan fingerprint density at radius 2 is 2.07 bits per heavy atom. The van der Waals surface area contributed by atoms with Gasteiger partial charge in [0, 0.05) is 47.7 Å². The number of aromatic nitrogens is 4. The summed E-state index contributed by atoms with van der Waals surface area (Å²) >= 11 is 0. The summed E-state index contributed by atoms with van der Waals surface area (Å²) in [6, 6.07) is 6.13. The molecule has 0 radical (unpaired) electrons. The molecule has 2 heterocycles. The van der Waals surface area contributed by atoms with E-state index in [2.05, 4.69) is 48.3 Å². The zero-order valence-corrected chi connectivity index (χ0v) is 17.5. The lowest BCUT2D eigenvalue weighted by Gasteiger charge is -2.17. The Morgan fingerprint density at radius 1 is 1.28 bits per heavy atom. The van der Waals surface area contributed by atoms with E-state index >= 15 is 0 Å². The maximum absolute atomic E-state index is 7.60. The predicted octanol–water partition coefficient (Wildman–Crippen LogP) is 4.31. The number of nitrogens with two attached hydrogens (primary N) is 1. The summed E-state index contributed by atoms with van der Waals surface area (Å²) in [4.78, 5) is 4.64. The maximum atomic E-state index is 7.60. The van der Waals surface area contributed by atoms with Gasteiger partial charge in [-0.05, 0) is 43.9 Å². The highest BCUT2D eigenvalue weighted by Crippen LogP contribution is 2.34. The molecule has 0 amide bonds. The summed E-state index contributed by atoms with van der Waals surface area (Å²) in [5, 5.41) is 20.8. The van der Waals surface area contributed by atoms with Crippen molar-refractivity contribution in [3.8, 4) is 11.3 Å². The molecule has 0 unspecified atom stereocenters. The highest BCUT2D eigenvalue weighted by atomic mass is 15.4. The molecule has 0 aliphatic rings. The molecule has 0 atom stereocenters. The van der Waals surface area contributed by atoms with Crippen LogP contribution in [0.1, 0.15) is 39.7 Å². The Morgan fingerprint density at radius 3 is 2.72 bits per heavy atom. The lowest BCUT2D eigenvalue weighted by molar-refractivity contribution is 0.478. The minimum atomic E-state index is 0.228. The second-order valence-corrected chi connectivity index (χ2v) is 7.89. The standard InChI is InChI=1S/C22H29N7/c1-14(2)7-8-29-13-21(27-28-29)19-12-25-20-6-5-16(17(10-23)11-24)9-18(20)22(19)26-15(3)4/h5-6,9-15,23H,7-8,24H2,1-4H3,(H,25,26)/b17-11+,23-10?. The first-order valence-electron chi connectivity index (χ1n) is 9.95. The van der Waals surface area contributed by atoms with Gasteiger partial charge in [0.2, 0.25) is 0 Å². The van der Waals surface area contributed by atoms with Gasteiger partial charge in [-0.25, -0.2) is 0 Å². The van der Waals surface area contributed by atoms with Gasteiger partial charge in [-0.1, -0.05) is 25.1 Å². The molecule has 2 aromatic heterocycles. The molecule has 0 aliphatic heterocycles. The number of benzene rings is 1. The highest BCUT2D eigenvalue weighted by Gasteiger charge is 2.16. The van der Waals surface area contributed by atoms with Crippen LogP contribution in [0.5, 0.6) is 0 Å². The molecule has 4 N–H and O–H groups in total. The highest BCUT2D eigenvalue weighted by molar-refractivity contribution is 6.10. The van der Waals surface area contributed by atoms with Crippen molar-refractivity contribution in [3.05, 3.63) is 42.4 Å². The van der Waals surface area contributed by atoms with Gasteiger partial charge in [0.25, 0.3) is 0 Å². The molecule has 0 fully saturated rings. The molecule has 0 bridgehead atoms. The second kappa shape index (κ2) is 8.86. The van der Waals surface area contributed by atoms with Gasteiger partial charge in [-0.3, -0.25) is 9.67 Å². The minimum Gasteiger partial charge on any atom is -0.404 e. The largest absolute Gasteiger partial charge is 0.404 e. The first kappa shape index (κ1) is 20.5. The number of pyridine rings is 1. The molecule has 0 saturated carbocycles. The number of allylic oxidation sites excluding steroid dienone is 1. The fourth-order valence-electron chi connectivity index (χ4n) is 3.16. The zero-order valence-electron chi connectivity index (χ0n) is 17.5. The molecule has 152 valence electrons. The van der Waals surface area contributed by atoms with Crippen LogP contribution in [0.2, 0.25) is 0 Å². The average Bonchev–Trinajstić information content (AvgIpc) is 3.16. The van der Waals surface area contributed by atoms with Crippen molar-refractivity contribution < 1.29 is 0 Å². The number of hydrogen-bond donors (Lipinski definition) is 3. The summed E-state index contributed by atoms with van der Waals surface area (Å²) < 4.78 is 1.89. The summed E-state index contributed by atoms with van der Waals surface area (Å²) in [7, 11) is 0. The van der Waals surface area contributed by atoms with Gasteiger partial charge in [0.05, 0.1) is 17.4 Å². The van der Waals surface area contributed by atoms with Crippen LogP contribution in [-0.2, 0) is 6.54 Å². The van der Waals surface area contributed by atoms with Crippen LogP contribution in [0.3, 0.4) is 0 Å². The molecule has 3 rings (SSSR count). The van der Waals surface area contributed by atoms with Crippen molar-refractivity contribution in [1.29, 1.82) is 5.41 Å². The van der Waals surface area contributed by atoms with Gasteiger partial charge in [-0.15, -0.1) is 5.10 Å². The number of nitrogens with one attached hydrogen (secondary N) is 2. The lowest BCUT2D eigenvalue weighted by atomic mass is 10.0. The molecule has 7 nitrogen and oxygen atoms in total. The van der Waals surface area contributed by atoms with Gasteiger partial charge in [0.15, 0.2) is 0 Å². The summed E-state index contributed by atoms with van der Waals surface area (Å²) in [6.45, 7) is 9.44. The topological polar surface area (TPSA) is 106 Å². The van der Waals surface area contributed by atoms with E-state index in [0.29, 0.717) is 11.5 Å². The molecule has 0 saturated heterocycles. The van der Waals surface area contributed by atoms with Gasteiger partial charge < -0.3 is 16.5 Å². The van der Waals surface area contributed by atoms with Crippen molar-refractivity contribution in [1.82, 2.24) is 20.0 Å². The molecular formula is C22H29N7. The number of rotatable bonds is 8. The molecule has 7 heteroatoms. The lowest BCUT2D eigenvalue weighted by Crippen LogP contribution is -2.11. The predicted molar refractivity (Wildman–Crippen MR) is 120 cm³/mol. The van der Waals surface area contributed by atoms with Crippen molar-refractivity contribution >= 4 is 28.4 Å². The third kappa shape index (κ3) is 4.62. The van der Waals surface area contributed by atoms with E-state index in [-0.39, 0.29) is 6.04 Å². The third-order valence-electron chi connectivity index (χ3n) is 4.72. The Kier molecular flexibility index (Phi) is 6.26. The molecule has 0 aliphatic carbocycles. The van der Waals surface area contributed by atoms with Crippen LogP contribution in [0.25, 0.3) is 27.7 Å². The van der Waals surface area contributed by atoms with E-state index in [4.69, 9.17) is 11.1 Å². The third-order valence-corrected chi connectivity index (χ3v) is 4.72. The van der Waals surface area contributed by atoms with Crippen molar-refractivity contribution in [3.63, 3.8) is 0 Å². The van der Waals surface area contributed by atoms with E-state index in [1.165, 1.54) is 12.4 Å². The van der Waals surface area contributed by atoms with Crippen molar-refractivity contribution in [2.24, 2.45) is 11.7 Å². The van der Waals surface area contributed by atoms with Crippen LogP contribution in [0, 0.1) is 11.3 Å². The van der Waals surface area contributed by atoms with Crippen LogP contribution >= 0.6 is 0 Å². The smallest absolute Gasteiger partial charge is 0.116 e.